The van der Waals surface area contributed by atoms with Crippen LogP contribution in [0.5, 0.6) is 0 Å². The summed E-state index contributed by atoms with van der Waals surface area (Å²) in [7, 11) is 0. The molecule has 142 valence electrons. The molecule has 0 amide bonds. The molecule has 28 heavy (non-hydrogen) atoms. The number of aliphatic carboxylic acids is 3. The summed E-state index contributed by atoms with van der Waals surface area (Å²) in [6.07, 6.45) is -1.31. The van der Waals surface area contributed by atoms with E-state index < -0.39 is 42.3 Å². The monoisotopic (exact) mass is 382 g/mol. The number of hydrogen-bond acceptors (Lipinski definition) is 5. The Bertz CT molecular complexity index is 1060. The van der Waals surface area contributed by atoms with E-state index in [9.17, 15) is 24.0 Å². The molecule has 1 aliphatic carbocycles. The van der Waals surface area contributed by atoms with Gasteiger partial charge in [-0.05, 0) is 34.9 Å². The fourth-order valence-corrected chi connectivity index (χ4v) is 3.34. The Hall–Kier alpha value is -3.81. The van der Waals surface area contributed by atoms with E-state index in [-0.39, 0.29) is 39.8 Å². The quantitative estimate of drug-likeness (QED) is 0.579. The van der Waals surface area contributed by atoms with Gasteiger partial charge < -0.3 is 15.3 Å². The lowest BCUT2D eigenvalue weighted by atomic mass is 9.79. The van der Waals surface area contributed by atoms with Crippen molar-refractivity contribution in [3.63, 3.8) is 0 Å². The van der Waals surface area contributed by atoms with E-state index in [1.54, 1.807) is 0 Å². The van der Waals surface area contributed by atoms with Crippen molar-refractivity contribution in [2.24, 2.45) is 0 Å². The third kappa shape index (κ3) is 3.52. The SMILES string of the molecule is O=C(O)Cc1ccc2c(c1)C(=O)c1cc(CC(=O)O)cc(CC(=O)O)c1C2=O. The van der Waals surface area contributed by atoms with Gasteiger partial charge in [0.05, 0.1) is 19.3 Å². The third-order valence-corrected chi connectivity index (χ3v) is 4.38. The lowest BCUT2D eigenvalue weighted by Gasteiger charge is -2.21. The Labute approximate surface area is 158 Å². The van der Waals surface area contributed by atoms with Gasteiger partial charge in [0.25, 0.3) is 0 Å². The second-order valence-corrected chi connectivity index (χ2v) is 6.43. The molecule has 3 N–H and O–H groups in total. The van der Waals surface area contributed by atoms with Crippen LogP contribution in [0.1, 0.15) is 48.5 Å². The first-order valence-electron chi connectivity index (χ1n) is 8.21. The summed E-state index contributed by atoms with van der Waals surface area (Å²) in [6, 6.07) is 6.70. The molecule has 0 unspecified atom stereocenters. The summed E-state index contributed by atoms with van der Waals surface area (Å²) in [4.78, 5) is 59.1. The number of ketones is 2. The van der Waals surface area contributed by atoms with Crippen molar-refractivity contribution >= 4 is 29.5 Å². The summed E-state index contributed by atoms with van der Waals surface area (Å²) >= 11 is 0. The maximum absolute atomic E-state index is 13.0. The predicted octanol–water partition coefficient (Wildman–Crippen LogP) is 1.34. The average Bonchev–Trinajstić information content (AvgIpc) is 2.57. The van der Waals surface area contributed by atoms with Crippen molar-refractivity contribution < 1.29 is 39.3 Å². The van der Waals surface area contributed by atoms with Crippen molar-refractivity contribution in [2.75, 3.05) is 0 Å². The van der Waals surface area contributed by atoms with Crippen LogP contribution in [0.3, 0.4) is 0 Å². The van der Waals surface area contributed by atoms with Crippen LogP contribution in [0.25, 0.3) is 0 Å². The van der Waals surface area contributed by atoms with Gasteiger partial charge in [-0.25, -0.2) is 0 Å². The number of carbonyl (C=O) groups excluding carboxylic acids is 2. The fraction of sp³-hybridized carbons (Fsp3) is 0.150. The lowest BCUT2D eigenvalue weighted by molar-refractivity contribution is -0.137. The van der Waals surface area contributed by atoms with Crippen LogP contribution in [-0.2, 0) is 33.6 Å². The van der Waals surface area contributed by atoms with Gasteiger partial charge in [0.15, 0.2) is 11.6 Å². The van der Waals surface area contributed by atoms with E-state index in [0.717, 1.165) is 0 Å². The zero-order valence-corrected chi connectivity index (χ0v) is 14.4. The molecule has 8 heteroatoms. The Morgan fingerprint density at radius 2 is 1.21 bits per heavy atom. The Morgan fingerprint density at radius 3 is 1.82 bits per heavy atom. The highest BCUT2D eigenvalue weighted by atomic mass is 16.4. The van der Waals surface area contributed by atoms with Gasteiger partial charge in [-0.2, -0.15) is 0 Å². The number of carboxylic acids is 3. The van der Waals surface area contributed by atoms with Crippen molar-refractivity contribution in [2.45, 2.75) is 19.3 Å². The van der Waals surface area contributed by atoms with Crippen LogP contribution in [0, 0.1) is 0 Å². The highest BCUT2D eigenvalue weighted by Gasteiger charge is 2.33. The minimum Gasteiger partial charge on any atom is -0.481 e. The molecule has 0 atom stereocenters. The van der Waals surface area contributed by atoms with Crippen LogP contribution >= 0.6 is 0 Å². The molecule has 0 heterocycles. The number of fused-ring (bicyclic) bond motifs is 2. The summed E-state index contributed by atoms with van der Waals surface area (Å²) in [6.45, 7) is 0. The minimum atomic E-state index is -1.22. The summed E-state index contributed by atoms with van der Waals surface area (Å²) < 4.78 is 0. The van der Waals surface area contributed by atoms with E-state index in [0.29, 0.717) is 5.56 Å². The normalized spacial score (nSPS) is 12.3. The first-order chi connectivity index (χ1) is 13.2. The standard InChI is InChI=1S/C20H14O8/c21-15(22)6-9-1-2-12-13(4-9)19(27)14-5-10(7-16(23)24)3-11(8-17(25)26)18(14)20(12)28/h1-5H,6-8H2,(H,21,22)(H,23,24)(H,25,26). The van der Waals surface area contributed by atoms with Crippen molar-refractivity contribution in [1.29, 1.82) is 0 Å². The van der Waals surface area contributed by atoms with E-state index in [2.05, 4.69) is 0 Å². The molecular formula is C20H14O8. The largest absolute Gasteiger partial charge is 0.481 e. The zero-order valence-electron chi connectivity index (χ0n) is 14.4. The summed E-state index contributed by atoms with van der Waals surface area (Å²) in [5.41, 5.74) is 0.561. The molecular weight excluding hydrogens is 368 g/mol. The third-order valence-electron chi connectivity index (χ3n) is 4.38. The van der Waals surface area contributed by atoms with Gasteiger partial charge in [-0.3, -0.25) is 24.0 Å². The minimum absolute atomic E-state index is 0.0185. The first kappa shape index (κ1) is 19.0. The van der Waals surface area contributed by atoms with E-state index >= 15 is 0 Å². The van der Waals surface area contributed by atoms with E-state index in [1.807, 2.05) is 0 Å². The summed E-state index contributed by atoms with van der Waals surface area (Å²) in [5.74, 6) is -4.61. The first-order valence-corrected chi connectivity index (χ1v) is 8.21. The molecule has 0 radical (unpaired) electrons. The van der Waals surface area contributed by atoms with Gasteiger partial charge in [-0.1, -0.05) is 12.1 Å². The molecule has 1 aliphatic rings. The van der Waals surface area contributed by atoms with Crippen LogP contribution in [0.4, 0.5) is 0 Å². The molecule has 2 aromatic rings. The highest BCUT2D eigenvalue weighted by molar-refractivity contribution is 6.29. The van der Waals surface area contributed by atoms with Gasteiger partial charge in [0, 0.05) is 22.3 Å². The molecule has 2 aromatic carbocycles. The van der Waals surface area contributed by atoms with Gasteiger partial charge in [0.1, 0.15) is 0 Å². The van der Waals surface area contributed by atoms with Crippen LogP contribution in [0.15, 0.2) is 30.3 Å². The van der Waals surface area contributed by atoms with E-state index in [4.69, 9.17) is 15.3 Å². The molecule has 0 saturated heterocycles. The molecule has 0 fully saturated rings. The van der Waals surface area contributed by atoms with Gasteiger partial charge in [0.2, 0.25) is 0 Å². The maximum atomic E-state index is 13.0. The second kappa shape index (κ2) is 7.07. The van der Waals surface area contributed by atoms with Gasteiger partial charge in [-0.15, -0.1) is 0 Å². The van der Waals surface area contributed by atoms with Crippen molar-refractivity contribution in [3.8, 4) is 0 Å². The van der Waals surface area contributed by atoms with Crippen LogP contribution < -0.4 is 0 Å². The molecule has 8 nitrogen and oxygen atoms in total. The smallest absolute Gasteiger partial charge is 0.307 e. The number of hydrogen-bond donors (Lipinski definition) is 3. The molecule has 0 bridgehead atoms. The average molecular weight is 382 g/mol. The topological polar surface area (TPSA) is 146 Å². The second-order valence-electron chi connectivity index (χ2n) is 6.43. The maximum Gasteiger partial charge on any atom is 0.307 e. The number of carbonyl (C=O) groups is 5. The number of carboxylic acid groups (broad SMARTS) is 3. The highest BCUT2D eigenvalue weighted by Crippen LogP contribution is 2.32. The van der Waals surface area contributed by atoms with Crippen molar-refractivity contribution in [1.82, 2.24) is 0 Å². The fourth-order valence-electron chi connectivity index (χ4n) is 3.34. The molecule has 3 rings (SSSR count). The molecule has 0 spiro atoms. The number of rotatable bonds is 6. The van der Waals surface area contributed by atoms with E-state index in [1.165, 1.54) is 30.3 Å². The molecule has 0 aliphatic heterocycles. The lowest BCUT2D eigenvalue weighted by Crippen LogP contribution is -2.24. The Kier molecular flexibility index (Phi) is 4.79. The Balaban J connectivity index is 2.19. The van der Waals surface area contributed by atoms with Gasteiger partial charge >= 0.3 is 17.9 Å². The summed E-state index contributed by atoms with van der Waals surface area (Å²) in [5, 5.41) is 27.1. The zero-order chi connectivity index (χ0) is 20.6. The van der Waals surface area contributed by atoms with Crippen LogP contribution in [-0.4, -0.2) is 44.8 Å². The Morgan fingerprint density at radius 1 is 0.643 bits per heavy atom. The van der Waals surface area contributed by atoms with Crippen LogP contribution in [0.2, 0.25) is 0 Å². The van der Waals surface area contributed by atoms with Crippen molar-refractivity contribution in [3.05, 3.63) is 69.3 Å². The molecule has 0 aromatic heterocycles. The number of benzene rings is 2. The predicted molar refractivity (Wildman–Crippen MR) is 93.8 cm³/mol. The molecule has 0 saturated carbocycles.